The van der Waals surface area contributed by atoms with E-state index < -0.39 is 0 Å². The quantitative estimate of drug-likeness (QED) is 0.656. The first kappa shape index (κ1) is 13.8. The van der Waals surface area contributed by atoms with Gasteiger partial charge in [-0.05, 0) is 31.4 Å². The Morgan fingerprint density at radius 1 is 1.38 bits per heavy atom. The Balaban J connectivity index is 2.02. The molecule has 0 aliphatic carbocycles. The fourth-order valence-corrected chi connectivity index (χ4v) is 3.13. The maximum atomic E-state index is 12.7. The molecule has 1 amide bonds. The van der Waals surface area contributed by atoms with E-state index in [0.29, 0.717) is 11.6 Å². The van der Waals surface area contributed by atoms with Crippen molar-refractivity contribution in [1.82, 2.24) is 9.88 Å². The Hall–Kier alpha value is -2.14. The van der Waals surface area contributed by atoms with Gasteiger partial charge in [0.1, 0.15) is 5.69 Å². The first-order valence-corrected chi connectivity index (χ1v) is 7.27. The van der Waals surface area contributed by atoms with E-state index in [1.165, 1.54) is 0 Å². The first-order valence-electron chi connectivity index (χ1n) is 7.27. The number of fused-ring (bicyclic) bond motifs is 1. The van der Waals surface area contributed by atoms with Crippen LogP contribution in [0, 0.1) is 5.92 Å². The highest BCUT2D eigenvalue weighted by atomic mass is 16.2. The van der Waals surface area contributed by atoms with Gasteiger partial charge in [-0.3, -0.25) is 10.6 Å². The minimum atomic E-state index is -0.0193. The molecule has 3 rings (SSSR count). The molecular weight excluding hydrogens is 264 g/mol. The van der Waals surface area contributed by atoms with Crippen molar-refractivity contribution < 1.29 is 4.79 Å². The van der Waals surface area contributed by atoms with E-state index in [1.807, 2.05) is 29.2 Å². The van der Waals surface area contributed by atoms with Crippen molar-refractivity contribution in [3.8, 4) is 0 Å². The van der Waals surface area contributed by atoms with Crippen LogP contribution in [-0.4, -0.2) is 28.4 Å². The molecule has 5 heteroatoms. The summed E-state index contributed by atoms with van der Waals surface area (Å²) in [6, 6.07) is 9.66. The zero-order valence-corrected chi connectivity index (χ0v) is 12.3. The van der Waals surface area contributed by atoms with Crippen molar-refractivity contribution in [2.45, 2.75) is 26.3 Å². The fraction of sp³-hybridized carbons (Fsp3) is 0.375. The Kier molecular flexibility index (Phi) is 3.51. The number of nitrogen functional groups attached to an aromatic ring is 1. The van der Waals surface area contributed by atoms with Gasteiger partial charge in [0.25, 0.3) is 5.91 Å². The summed E-state index contributed by atoms with van der Waals surface area (Å²) in [5.41, 5.74) is 4.61. The first-order chi connectivity index (χ1) is 10.1. The molecule has 1 aromatic carbocycles. The number of hydrogen-bond donors (Lipinski definition) is 2. The summed E-state index contributed by atoms with van der Waals surface area (Å²) in [4.78, 5) is 19.1. The molecule has 0 saturated carbocycles. The van der Waals surface area contributed by atoms with E-state index in [0.717, 1.165) is 29.6 Å². The second-order valence-electron chi connectivity index (χ2n) is 5.86. The number of anilines is 1. The van der Waals surface area contributed by atoms with Gasteiger partial charge in [0.05, 0.1) is 11.2 Å². The number of para-hydroxylation sites is 1. The third-order valence-electron chi connectivity index (χ3n) is 4.14. The average molecular weight is 284 g/mol. The molecule has 3 N–H and O–H groups in total. The Labute approximate surface area is 124 Å². The Morgan fingerprint density at radius 3 is 2.81 bits per heavy atom. The lowest BCUT2D eigenvalue weighted by atomic mass is 10.1. The van der Waals surface area contributed by atoms with Crippen LogP contribution in [0.15, 0.2) is 30.3 Å². The lowest BCUT2D eigenvalue weighted by molar-refractivity contribution is 0.0738. The summed E-state index contributed by atoms with van der Waals surface area (Å²) in [7, 11) is 0. The topological polar surface area (TPSA) is 71.2 Å². The summed E-state index contributed by atoms with van der Waals surface area (Å²) >= 11 is 0. The van der Waals surface area contributed by atoms with Gasteiger partial charge in [0, 0.05) is 18.0 Å². The highest BCUT2D eigenvalue weighted by molar-refractivity contribution is 5.99. The van der Waals surface area contributed by atoms with Crippen LogP contribution in [0.3, 0.4) is 0 Å². The molecule has 1 aromatic heterocycles. The highest BCUT2D eigenvalue weighted by Crippen LogP contribution is 2.27. The van der Waals surface area contributed by atoms with Crippen molar-refractivity contribution in [2.24, 2.45) is 11.8 Å². The molecule has 110 valence electrons. The van der Waals surface area contributed by atoms with E-state index >= 15 is 0 Å². The molecule has 2 aromatic rings. The Bertz CT molecular complexity index is 685. The second-order valence-corrected chi connectivity index (χ2v) is 5.86. The number of hydrogen-bond acceptors (Lipinski definition) is 4. The molecular formula is C16H20N4O. The molecule has 1 aliphatic rings. The maximum Gasteiger partial charge on any atom is 0.272 e. The predicted molar refractivity (Wildman–Crippen MR) is 83.8 cm³/mol. The van der Waals surface area contributed by atoms with Crippen LogP contribution in [-0.2, 0) is 0 Å². The van der Waals surface area contributed by atoms with Crippen molar-refractivity contribution in [1.29, 1.82) is 0 Å². The number of nitrogens with two attached hydrogens (primary N) is 1. The van der Waals surface area contributed by atoms with Gasteiger partial charge in [0.15, 0.2) is 0 Å². The molecule has 2 unspecified atom stereocenters. The van der Waals surface area contributed by atoms with E-state index in [-0.39, 0.29) is 11.9 Å². The number of nitrogens with zero attached hydrogens (tertiary/aromatic N) is 2. The molecule has 0 bridgehead atoms. The van der Waals surface area contributed by atoms with Crippen molar-refractivity contribution in [2.75, 3.05) is 12.0 Å². The van der Waals surface area contributed by atoms with Crippen LogP contribution < -0.4 is 11.3 Å². The normalized spacial score (nSPS) is 21.8. The lowest BCUT2D eigenvalue weighted by Gasteiger charge is -2.21. The van der Waals surface area contributed by atoms with Crippen molar-refractivity contribution in [3.05, 3.63) is 36.0 Å². The highest BCUT2D eigenvalue weighted by Gasteiger charge is 2.31. The number of nitrogens with one attached hydrogen (secondary N) is 1. The van der Waals surface area contributed by atoms with Crippen LogP contribution in [0.4, 0.5) is 5.69 Å². The standard InChI is InChI=1S/C16H20N4O/c1-10-7-11(2)20(9-10)16(21)15-8-14(19-17)12-5-3-4-6-13(12)18-15/h3-6,8,10-11H,7,9,17H2,1-2H3,(H,18,19). The molecule has 2 atom stereocenters. The SMILES string of the molecule is CC1CC(C)N(C(=O)c2cc(NN)c3ccccc3n2)C1. The lowest BCUT2D eigenvalue weighted by Crippen LogP contribution is -2.34. The number of rotatable bonds is 2. The van der Waals surface area contributed by atoms with Crippen LogP contribution in [0.25, 0.3) is 10.9 Å². The molecule has 0 radical (unpaired) electrons. The van der Waals surface area contributed by atoms with E-state index in [9.17, 15) is 4.79 Å². The zero-order valence-electron chi connectivity index (χ0n) is 12.3. The molecule has 1 saturated heterocycles. The van der Waals surface area contributed by atoms with Crippen LogP contribution in [0.2, 0.25) is 0 Å². The third-order valence-corrected chi connectivity index (χ3v) is 4.14. The number of pyridine rings is 1. The van der Waals surface area contributed by atoms with E-state index in [4.69, 9.17) is 5.84 Å². The molecule has 1 aliphatic heterocycles. The maximum absolute atomic E-state index is 12.7. The summed E-state index contributed by atoms with van der Waals surface area (Å²) < 4.78 is 0. The van der Waals surface area contributed by atoms with Crippen LogP contribution in [0.5, 0.6) is 0 Å². The summed E-state index contributed by atoms with van der Waals surface area (Å²) in [6.07, 6.45) is 1.04. The second kappa shape index (κ2) is 5.33. The zero-order chi connectivity index (χ0) is 15.0. The molecule has 21 heavy (non-hydrogen) atoms. The number of carbonyl (C=O) groups is 1. The number of likely N-dealkylation sites (tertiary alicyclic amines) is 1. The van der Waals surface area contributed by atoms with Gasteiger partial charge < -0.3 is 10.3 Å². The van der Waals surface area contributed by atoms with Crippen molar-refractivity contribution in [3.63, 3.8) is 0 Å². The summed E-state index contributed by atoms with van der Waals surface area (Å²) in [5.74, 6) is 6.10. The van der Waals surface area contributed by atoms with Gasteiger partial charge in [-0.1, -0.05) is 25.1 Å². The average Bonchev–Trinajstić information content (AvgIpc) is 2.84. The Morgan fingerprint density at radius 2 is 2.14 bits per heavy atom. The van der Waals surface area contributed by atoms with Crippen LogP contribution in [0.1, 0.15) is 30.8 Å². The van der Waals surface area contributed by atoms with Gasteiger partial charge in [-0.2, -0.15) is 0 Å². The van der Waals surface area contributed by atoms with E-state index in [2.05, 4.69) is 24.3 Å². The molecule has 5 nitrogen and oxygen atoms in total. The smallest absolute Gasteiger partial charge is 0.272 e. The molecule has 0 spiro atoms. The largest absolute Gasteiger partial charge is 0.334 e. The van der Waals surface area contributed by atoms with Gasteiger partial charge in [-0.25, -0.2) is 4.98 Å². The number of hydrazine groups is 1. The molecule has 2 heterocycles. The van der Waals surface area contributed by atoms with Crippen molar-refractivity contribution >= 4 is 22.5 Å². The van der Waals surface area contributed by atoms with Gasteiger partial charge in [-0.15, -0.1) is 0 Å². The minimum absolute atomic E-state index is 0.0193. The summed E-state index contributed by atoms with van der Waals surface area (Å²) in [6.45, 7) is 5.05. The number of amides is 1. The fourth-order valence-electron chi connectivity index (χ4n) is 3.13. The number of benzene rings is 1. The third kappa shape index (κ3) is 2.45. The van der Waals surface area contributed by atoms with Gasteiger partial charge >= 0.3 is 0 Å². The van der Waals surface area contributed by atoms with Gasteiger partial charge in [0.2, 0.25) is 0 Å². The van der Waals surface area contributed by atoms with E-state index in [1.54, 1.807) is 6.07 Å². The minimum Gasteiger partial charge on any atom is -0.334 e. The summed E-state index contributed by atoms with van der Waals surface area (Å²) in [5, 5.41) is 0.916. The number of carbonyl (C=O) groups excluding carboxylic acids is 1. The molecule has 1 fully saturated rings. The number of aromatic nitrogens is 1. The monoisotopic (exact) mass is 284 g/mol. The van der Waals surface area contributed by atoms with Crippen LogP contribution >= 0.6 is 0 Å². The predicted octanol–water partition coefficient (Wildman–Crippen LogP) is 2.39.